The molecule has 0 aliphatic carbocycles. The highest BCUT2D eigenvalue weighted by Gasteiger charge is 2.09. The smallest absolute Gasteiger partial charge is 0.251 e. The number of amides is 1. The van der Waals surface area contributed by atoms with Gasteiger partial charge in [0, 0.05) is 18.0 Å². The van der Waals surface area contributed by atoms with Gasteiger partial charge in [-0.3, -0.25) is 4.79 Å². The van der Waals surface area contributed by atoms with Crippen LogP contribution >= 0.6 is 15.9 Å². The fourth-order valence-electron chi connectivity index (χ4n) is 2.15. The third-order valence-electron chi connectivity index (χ3n) is 3.26. The van der Waals surface area contributed by atoms with E-state index in [9.17, 15) is 4.79 Å². The molecule has 1 amide bonds. The molecule has 0 spiro atoms. The van der Waals surface area contributed by atoms with Crippen LogP contribution in [0.5, 0.6) is 5.75 Å². The molecule has 0 unspecified atom stereocenters. The highest BCUT2D eigenvalue weighted by atomic mass is 79.9. The van der Waals surface area contributed by atoms with E-state index >= 15 is 0 Å². The van der Waals surface area contributed by atoms with Crippen LogP contribution in [0.3, 0.4) is 0 Å². The molecule has 0 aliphatic heterocycles. The summed E-state index contributed by atoms with van der Waals surface area (Å²) in [5, 5.41) is 2.86. The van der Waals surface area contributed by atoms with Gasteiger partial charge in [-0.25, -0.2) is 4.98 Å². The van der Waals surface area contributed by atoms with Crippen LogP contribution in [0.1, 0.15) is 16.1 Å². The molecule has 2 aromatic heterocycles. The first-order valence-corrected chi connectivity index (χ1v) is 7.51. The lowest BCUT2D eigenvalue weighted by molar-refractivity contribution is 0.0950. The zero-order valence-electron chi connectivity index (χ0n) is 11.9. The summed E-state index contributed by atoms with van der Waals surface area (Å²) in [6.07, 6.45) is 3.83. The number of fused-ring (bicyclic) bond motifs is 1. The number of rotatable bonds is 4. The topological polar surface area (TPSA) is 55.6 Å². The van der Waals surface area contributed by atoms with Crippen molar-refractivity contribution in [3.63, 3.8) is 0 Å². The zero-order valence-corrected chi connectivity index (χ0v) is 13.5. The molecule has 0 saturated heterocycles. The lowest BCUT2D eigenvalue weighted by Gasteiger charge is -2.06. The Morgan fingerprint density at radius 1 is 1.36 bits per heavy atom. The Labute approximate surface area is 136 Å². The largest absolute Gasteiger partial charge is 0.496 e. The maximum atomic E-state index is 12.2. The Kier molecular flexibility index (Phi) is 4.11. The maximum Gasteiger partial charge on any atom is 0.251 e. The Hall–Kier alpha value is -2.34. The van der Waals surface area contributed by atoms with Crippen molar-refractivity contribution in [3.05, 3.63) is 64.5 Å². The normalized spacial score (nSPS) is 10.6. The van der Waals surface area contributed by atoms with Gasteiger partial charge in [-0.05, 0) is 46.3 Å². The minimum absolute atomic E-state index is 0.152. The summed E-state index contributed by atoms with van der Waals surface area (Å²) >= 11 is 3.37. The highest BCUT2D eigenvalue weighted by Crippen LogP contribution is 2.25. The highest BCUT2D eigenvalue weighted by molar-refractivity contribution is 9.10. The second-order valence-electron chi connectivity index (χ2n) is 4.73. The van der Waals surface area contributed by atoms with Gasteiger partial charge in [0.15, 0.2) is 0 Å². The number of hydrogen-bond acceptors (Lipinski definition) is 3. The molecule has 3 aromatic rings. The fourth-order valence-corrected chi connectivity index (χ4v) is 2.69. The van der Waals surface area contributed by atoms with Crippen molar-refractivity contribution in [2.24, 2.45) is 0 Å². The molecule has 1 aromatic carbocycles. The van der Waals surface area contributed by atoms with Crippen LogP contribution in [-0.4, -0.2) is 22.4 Å². The number of carbonyl (C=O) groups is 1. The Balaban J connectivity index is 1.70. The monoisotopic (exact) mass is 359 g/mol. The van der Waals surface area contributed by atoms with Crippen molar-refractivity contribution in [2.75, 3.05) is 7.11 Å². The summed E-state index contributed by atoms with van der Waals surface area (Å²) in [6, 6.07) is 11.0. The lowest BCUT2D eigenvalue weighted by Crippen LogP contribution is -2.22. The number of halogens is 1. The van der Waals surface area contributed by atoms with E-state index in [1.807, 2.05) is 35.0 Å². The van der Waals surface area contributed by atoms with Gasteiger partial charge in [0.25, 0.3) is 5.91 Å². The van der Waals surface area contributed by atoms with Crippen molar-refractivity contribution < 1.29 is 9.53 Å². The lowest BCUT2D eigenvalue weighted by atomic mass is 10.2. The van der Waals surface area contributed by atoms with Crippen LogP contribution in [0, 0.1) is 0 Å². The quantitative estimate of drug-likeness (QED) is 0.778. The third-order valence-corrected chi connectivity index (χ3v) is 3.88. The number of methoxy groups -OCH3 is 1. The molecule has 6 heteroatoms. The van der Waals surface area contributed by atoms with Gasteiger partial charge < -0.3 is 14.5 Å². The minimum Gasteiger partial charge on any atom is -0.496 e. The van der Waals surface area contributed by atoms with Crippen molar-refractivity contribution in [2.45, 2.75) is 6.54 Å². The van der Waals surface area contributed by atoms with Crippen molar-refractivity contribution in [1.29, 1.82) is 0 Å². The van der Waals surface area contributed by atoms with Gasteiger partial charge in [0.2, 0.25) is 0 Å². The van der Waals surface area contributed by atoms with E-state index in [0.29, 0.717) is 17.9 Å². The average molecular weight is 360 g/mol. The number of aromatic nitrogens is 2. The van der Waals surface area contributed by atoms with Crippen LogP contribution in [0.15, 0.2) is 53.3 Å². The first-order chi connectivity index (χ1) is 10.7. The number of ether oxygens (including phenoxy) is 1. The van der Waals surface area contributed by atoms with Gasteiger partial charge in [-0.15, -0.1) is 0 Å². The number of nitrogens with zero attached hydrogens (tertiary/aromatic N) is 2. The molecule has 1 N–H and O–H groups in total. The molecule has 5 nitrogen and oxygen atoms in total. The van der Waals surface area contributed by atoms with Gasteiger partial charge in [0.1, 0.15) is 11.4 Å². The van der Waals surface area contributed by atoms with Crippen LogP contribution in [-0.2, 0) is 6.54 Å². The summed E-state index contributed by atoms with van der Waals surface area (Å²) in [7, 11) is 1.59. The maximum absolute atomic E-state index is 12.2. The van der Waals surface area contributed by atoms with Crippen molar-refractivity contribution in [1.82, 2.24) is 14.7 Å². The van der Waals surface area contributed by atoms with E-state index < -0.39 is 0 Å². The number of pyridine rings is 1. The number of nitrogens with one attached hydrogen (secondary N) is 1. The summed E-state index contributed by atoms with van der Waals surface area (Å²) in [6.45, 7) is 0.379. The SMILES string of the molecule is COc1ccc(C(=O)NCc2cn3ccccc3n2)cc1Br. The predicted molar refractivity (Wildman–Crippen MR) is 87.1 cm³/mol. The second-order valence-corrected chi connectivity index (χ2v) is 5.58. The number of hydrogen-bond donors (Lipinski definition) is 1. The van der Waals surface area contributed by atoms with E-state index in [0.717, 1.165) is 15.8 Å². The molecule has 2 heterocycles. The van der Waals surface area contributed by atoms with E-state index in [4.69, 9.17) is 4.74 Å². The summed E-state index contributed by atoms with van der Waals surface area (Å²) < 4.78 is 7.82. The van der Waals surface area contributed by atoms with Gasteiger partial charge in [-0.1, -0.05) is 6.07 Å². The molecule has 0 atom stereocenters. The van der Waals surface area contributed by atoms with E-state index in [-0.39, 0.29) is 5.91 Å². The molecule has 3 rings (SSSR count). The summed E-state index contributed by atoms with van der Waals surface area (Å²) in [5.74, 6) is 0.539. The molecule has 0 bridgehead atoms. The Bertz CT molecular complexity index is 796. The number of benzene rings is 1. The average Bonchev–Trinajstić information content (AvgIpc) is 2.95. The van der Waals surface area contributed by atoms with Crippen molar-refractivity contribution in [3.8, 4) is 5.75 Å². The standard InChI is InChI=1S/C16H14BrN3O2/c1-22-14-6-5-11(8-13(14)17)16(21)18-9-12-10-20-7-3-2-4-15(20)19-12/h2-8,10H,9H2,1H3,(H,18,21). The number of imidazole rings is 1. The molecule has 0 radical (unpaired) electrons. The van der Waals surface area contributed by atoms with Crippen molar-refractivity contribution >= 4 is 27.5 Å². The molecule has 0 aliphatic rings. The second kappa shape index (κ2) is 6.19. The van der Waals surface area contributed by atoms with Crippen LogP contribution in [0.2, 0.25) is 0 Å². The zero-order chi connectivity index (χ0) is 15.5. The van der Waals surface area contributed by atoms with Gasteiger partial charge in [0.05, 0.1) is 23.8 Å². The summed E-state index contributed by atoms with van der Waals surface area (Å²) in [4.78, 5) is 16.6. The van der Waals surface area contributed by atoms with E-state index in [1.54, 1.807) is 25.3 Å². The van der Waals surface area contributed by atoms with E-state index in [1.165, 1.54) is 0 Å². The molecular formula is C16H14BrN3O2. The minimum atomic E-state index is -0.152. The Morgan fingerprint density at radius 3 is 2.95 bits per heavy atom. The first-order valence-electron chi connectivity index (χ1n) is 6.72. The van der Waals surface area contributed by atoms with Crippen LogP contribution < -0.4 is 10.1 Å². The molecule has 112 valence electrons. The molecule has 0 saturated carbocycles. The molecule has 0 fully saturated rings. The Morgan fingerprint density at radius 2 is 2.23 bits per heavy atom. The predicted octanol–water partition coefficient (Wildman–Crippen LogP) is 3.04. The molecule has 22 heavy (non-hydrogen) atoms. The molecular weight excluding hydrogens is 346 g/mol. The number of carbonyl (C=O) groups excluding carboxylic acids is 1. The fraction of sp³-hybridized carbons (Fsp3) is 0.125. The van der Waals surface area contributed by atoms with Gasteiger partial charge in [-0.2, -0.15) is 0 Å². The van der Waals surface area contributed by atoms with Gasteiger partial charge >= 0.3 is 0 Å². The summed E-state index contributed by atoms with van der Waals surface area (Å²) in [5.41, 5.74) is 2.24. The van der Waals surface area contributed by atoms with Crippen LogP contribution in [0.4, 0.5) is 0 Å². The van der Waals surface area contributed by atoms with Crippen LogP contribution in [0.25, 0.3) is 5.65 Å². The third kappa shape index (κ3) is 2.96. The van der Waals surface area contributed by atoms with E-state index in [2.05, 4.69) is 26.2 Å². The first kappa shape index (κ1) is 14.6.